The number of carbonyl (C=O) groups is 2. The van der Waals surface area contributed by atoms with Crippen LogP contribution in [0, 0.1) is 6.92 Å². The molecule has 0 saturated heterocycles. The second kappa shape index (κ2) is 4.61. The molecular formula is C10H13N3O3. The highest BCUT2D eigenvalue weighted by Crippen LogP contribution is 1.93. The number of amides is 2. The number of pyridine rings is 1. The van der Waals surface area contributed by atoms with Crippen LogP contribution < -0.4 is 16.5 Å². The SMILES string of the molecule is Cc1cc(=O)c(C(=O)NC(C)C(N)=O)c[nH]1. The third kappa shape index (κ3) is 2.69. The molecule has 0 spiro atoms. The number of rotatable bonds is 3. The molecule has 16 heavy (non-hydrogen) atoms. The normalized spacial score (nSPS) is 11.9. The maximum absolute atomic E-state index is 11.6. The summed E-state index contributed by atoms with van der Waals surface area (Å²) in [6.07, 6.45) is 1.31. The first-order valence-corrected chi connectivity index (χ1v) is 4.71. The maximum Gasteiger partial charge on any atom is 0.257 e. The van der Waals surface area contributed by atoms with E-state index in [1.54, 1.807) is 6.92 Å². The number of hydrogen-bond donors (Lipinski definition) is 3. The van der Waals surface area contributed by atoms with Crippen LogP contribution in [0.2, 0.25) is 0 Å². The third-order valence-electron chi connectivity index (χ3n) is 2.08. The predicted molar refractivity (Wildman–Crippen MR) is 57.9 cm³/mol. The number of aryl methyl sites for hydroxylation is 1. The van der Waals surface area contributed by atoms with Crippen molar-refractivity contribution in [3.8, 4) is 0 Å². The molecule has 1 rings (SSSR count). The van der Waals surface area contributed by atoms with Crippen LogP contribution in [0.4, 0.5) is 0 Å². The van der Waals surface area contributed by atoms with Gasteiger partial charge in [-0.25, -0.2) is 0 Å². The van der Waals surface area contributed by atoms with Crippen molar-refractivity contribution in [2.45, 2.75) is 19.9 Å². The Morgan fingerprint density at radius 2 is 2.12 bits per heavy atom. The van der Waals surface area contributed by atoms with E-state index in [0.717, 1.165) is 0 Å². The first kappa shape index (κ1) is 12.0. The lowest BCUT2D eigenvalue weighted by atomic mass is 10.2. The highest BCUT2D eigenvalue weighted by molar-refractivity contribution is 5.96. The summed E-state index contributed by atoms with van der Waals surface area (Å²) in [6.45, 7) is 3.15. The molecule has 0 aliphatic heterocycles. The van der Waals surface area contributed by atoms with Gasteiger partial charge in [0.2, 0.25) is 5.91 Å². The fourth-order valence-electron chi connectivity index (χ4n) is 1.10. The number of hydrogen-bond acceptors (Lipinski definition) is 3. The first-order valence-electron chi connectivity index (χ1n) is 4.71. The molecule has 0 saturated carbocycles. The van der Waals surface area contributed by atoms with Gasteiger partial charge in [-0.2, -0.15) is 0 Å². The molecule has 86 valence electrons. The Morgan fingerprint density at radius 3 is 2.62 bits per heavy atom. The van der Waals surface area contributed by atoms with Crippen molar-refractivity contribution in [1.82, 2.24) is 10.3 Å². The van der Waals surface area contributed by atoms with Gasteiger partial charge in [-0.3, -0.25) is 14.4 Å². The average molecular weight is 223 g/mol. The van der Waals surface area contributed by atoms with Crippen LogP contribution in [-0.2, 0) is 4.79 Å². The molecule has 0 fully saturated rings. The molecule has 6 nitrogen and oxygen atoms in total. The third-order valence-corrected chi connectivity index (χ3v) is 2.08. The van der Waals surface area contributed by atoms with Crippen molar-refractivity contribution in [3.63, 3.8) is 0 Å². The Kier molecular flexibility index (Phi) is 3.44. The molecule has 1 aromatic heterocycles. The summed E-state index contributed by atoms with van der Waals surface area (Å²) >= 11 is 0. The van der Waals surface area contributed by atoms with Gasteiger partial charge in [0.25, 0.3) is 5.91 Å². The number of aromatic amines is 1. The number of nitrogens with two attached hydrogens (primary N) is 1. The van der Waals surface area contributed by atoms with Gasteiger partial charge in [-0.05, 0) is 13.8 Å². The summed E-state index contributed by atoms with van der Waals surface area (Å²) in [5.41, 5.74) is 5.20. The van der Waals surface area contributed by atoms with Crippen LogP contribution in [0.1, 0.15) is 23.0 Å². The summed E-state index contributed by atoms with van der Waals surface area (Å²) in [5, 5.41) is 2.32. The van der Waals surface area contributed by atoms with E-state index < -0.39 is 23.3 Å². The molecule has 1 aromatic rings. The molecule has 0 radical (unpaired) electrons. The highest BCUT2D eigenvalue weighted by Gasteiger charge is 2.15. The van der Waals surface area contributed by atoms with Gasteiger partial charge in [0.1, 0.15) is 11.6 Å². The Morgan fingerprint density at radius 1 is 1.50 bits per heavy atom. The Hall–Kier alpha value is -2.11. The molecule has 2 amide bonds. The lowest BCUT2D eigenvalue weighted by molar-refractivity contribution is -0.119. The van der Waals surface area contributed by atoms with E-state index in [9.17, 15) is 14.4 Å². The summed E-state index contributed by atoms with van der Waals surface area (Å²) < 4.78 is 0. The Bertz CT molecular complexity index is 478. The summed E-state index contributed by atoms with van der Waals surface area (Å²) in [6, 6.07) is 0.498. The summed E-state index contributed by atoms with van der Waals surface area (Å²) in [5.74, 6) is -1.27. The van der Waals surface area contributed by atoms with Gasteiger partial charge in [0, 0.05) is 18.0 Å². The molecule has 0 aliphatic carbocycles. The highest BCUT2D eigenvalue weighted by atomic mass is 16.2. The fourth-order valence-corrected chi connectivity index (χ4v) is 1.10. The molecule has 6 heteroatoms. The lowest BCUT2D eigenvalue weighted by Gasteiger charge is -2.09. The zero-order valence-electron chi connectivity index (χ0n) is 9.03. The van der Waals surface area contributed by atoms with E-state index in [-0.39, 0.29) is 5.56 Å². The monoisotopic (exact) mass is 223 g/mol. The summed E-state index contributed by atoms with van der Waals surface area (Å²) in [4.78, 5) is 36.5. The van der Waals surface area contributed by atoms with E-state index >= 15 is 0 Å². The van der Waals surface area contributed by atoms with E-state index in [0.29, 0.717) is 5.69 Å². The standard InChI is InChI=1S/C10H13N3O3/c1-5-3-8(14)7(4-12-5)10(16)13-6(2)9(11)15/h3-4,6H,1-2H3,(H2,11,15)(H,12,14)(H,13,16). The molecular weight excluding hydrogens is 210 g/mol. The minimum absolute atomic E-state index is 0.0429. The van der Waals surface area contributed by atoms with Crippen molar-refractivity contribution in [1.29, 1.82) is 0 Å². The van der Waals surface area contributed by atoms with Crippen LogP contribution in [0.3, 0.4) is 0 Å². The smallest absolute Gasteiger partial charge is 0.257 e. The quantitative estimate of drug-likeness (QED) is 0.630. The number of H-pyrrole nitrogens is 1. The molecule has 1 atom stereocenters. The predicted octanol–water partition coefficient (Wildman–Crippen LogP) is -0.713. The van der Waals surface area contributed by atoms with Gasteiger partial charge in [0.05, 0.1) is 0 Å². The minimum Gasteiger partial charge on any atom is -0.368 e. The zero-order valence-corrected chi connectivity index (χ0v) is 9.03. The van der Waals surface area contributed by atoms with Crippen molar-refractivity contribution in [2.24, 2.45) is 5.73 Å². The van der Waals surface area contributed by atoms with E-state index in [1.165, 1.54) is 19.2 Å². The van der Waals surface area contributed by atoms with Crippen LogP contribution in [0.15, 0.2) is 17.1 Å². The van der Waals surface area contributed by atoms with Gasteiger partial charge in [0.15, 0.2) is 5.43 Å². The molecule has 4 N–H and O–H groups in total. The van der Waals surface area contributed by atoms with Crippen LogP contribution >= 0.6 is 0 Å². The van der Waals surface area contributed by atoms with Crippen LogP contribution in [-0.4, -0.2) is 22.8 Å². The van der Waals surface area contributed by atoms with Crippen molar-refractivity contribution in [2.75, 3.05) is 0 Å². The summed E-state index contributed by atoms with van der Waals surface area (Å²) in [7, 11) is 0. The van der Waals surface area contributed by atoms with E-state index in [4.69, 9.17) is 5.73 Å². The number of aromatic nitrogens is 1. The first-order chi connectivity index (χ1) is 7.41. The zero-order chi connectivity index (χ0) is 12.3. The van der Waals surface area contributed by atoms with Crippen LogP contribution in [0.25, 0.3) is 0 Å². The van der Waals surface area contributed by atoms with Crippen LogP contribution in [0.5, 0.6) is 0 Å². The molecule has 0 aromatic carbocycles. The second-order valence-electron chi connectivity index (χ2n) is 3.49. The second-order valence-corrected chi connectivity index (χ2v) is 3.49. The molecule has 0 bridgehead atoms. The van der Waals surface area contributed by atoms with Gasteiger partial charge in [-0.15, -0.1) is 0 Å². The Labute approximate surface area is 91.9 Å². The Balaban J connectivity index is 2.89. The van der Waals surface area contributed by atoms with Gasteiger partial charge in [-0.1, -0.05) is 0 Å². The number of nitrogens with one attached hydrogen (secondary N) is 2. The van der Waals surface area contributed by atoms with Gasteiger partial charge >= 0.3 is 0 Å². The molecule has 1 heterocycles. The molecule has 0 aliphatic rings. The topological polar surface area (TPSA) is 105 Å². The van der Waals surface area contributed by atoms with Crippen molar-refractivity contribution >= 4 is 11.8 Å². The lowest BCUT2D eigenvalue weighted by Crippen LogP contribution is -2.43. The number of carbonyl (C=O) groups excluding carboxylic acids is 2. The van der Waals surface area contributed by atoms with E-state index in [2.05, 4.69) is 10.3 Å². The average Bonchev–Trinajstić information content (AvgIpc) is 2.16. The fraction of sp³-hybridized carbons (Fsp3) is 0.300. The van der Waals surface area contributed by atoms with Gasteiger partial charge < -0.3 is 16.0 Å². The minimum atomic E-state index is -0.812. The van der Waals surface area contributed by atoms with Crippen molar-refractivity contribution < 1.29 is 9.59 Å². The largest absolute Gasteiger partial charge is 0.368 e. The van der Waals surface area contributed by atoms with E-state index in [1.807, 2.05) is 0 Å². The maximum atomic E-state index is 11.6. The molecule has 1 unspecified atom stereocenters. The van der Waals surface area contributed by atoms with Crippen molar-refractivity contribution in [3.05, 3.63) is 33.7 Å². The number of primary amides is 1.